The third kappa shape index (κ3) is 7.90. The number of nitrogens with zero attached hydrogens (tertiary/aromatic N) is 2. The lowest BCUT2D eigenvalue weighted by molar-refractivity contribution is 0.332. The van der Waals surface area contributed by atoms with Crippen LogP contribution in [0.3, 0.4) is 0 Å². The molecular formula is C74H65BN3S. The number of benzene rings is 10. The minimum atomic E-state index is -0.218. The molecule has 2 aliphatic heterocycles. The largest absolute Gasteiger partial charge is 0.354 e. The molecule has 0 saturated carbocycles. The Balaban J connectivity index is 1.08. The second-order valence-electron chi connectivity index (χ2n) is 24.4. The highest BCUT2D eigenvalue weighted by Crippen LogP contribution is 2.55. The maximum absolute atomic E-state index is 4.31. The zero-order valence-corrected chi connectivity index (χ0v) is 47.7. The first kappa shape index (κ1) is 49.2. The highest BCUT2D eigenvalue weighted by Gasteiger charge is 2.42. The van der Waals surface area contributed by atoms with Crippen molar-refractivity contribution < 1.29 is 0 Å². The van der Waals surface area contributed by atoms with Gasteiger partial charge >= 0.3 is 0 Å². The lowest BCUT2D eigenvalue weighted by Gasteiger charge is -2.46. The molecule has 5 heteroatoms. The van der Waals surface area contributed by atoms with Gasteiger partial charge in [-0.3, -0.25) is 0 Å². The molecule has 10 aromatic carbocycles. The summed E-state index contributed by atoms with van der Waals surface area (Å²) in [6.07, 6.45) is 2.33. The zero-order chi connectivity index (χ0) is 54.1. The minimum Gasteiger partial charge on any atom is -0.354 e. The number of para-hydroxylation sites is 2. The van der Waals surface area contributed by atoms with Gasteiger partial charge in [0.1, 0.15) is 0 Å². The van der Waals surface area contributed by atoms with Crippen LogP contribution in [0.1, 0.15) is 93.3 Å². The topological polar surface area (TPSA) is 18.5 Å². The first-order chi connectivity index (χ1) is 38.1. The van der Waals surface area contributed by atoms with Gasteiger partial charge in [0, 0.05) is 65.3 Å². The van der Waals surface area contributed by atoms with Gasteiger partial charge < -0.3 is 15.1 Å². The van der Waals surface area contributed by atoms with Gasteiger partial charge in [0.2, 0.25) is 0 Å². The predicted octanol–water partition coefficient (Wildman–Crippen LogP) is 19.6. The molecule has 14 rings (SSSR count). The van der Waals surface area contributed by atoms with Gasteiger partial charge in [-0.2, -0.15) is 0 Å². The molecule has 79 heavy (non-hydrogen) atoms. The van der Waals surface area contributed by atoms with Crippen LogP contribution in [0.25, 0.3) is 53.6 Å². The number of hydrogen-bond acceptors (Lipinski definition) is 4. The standard InChI is InChI=1S/C74H65BN3S/c1-45-41-58-59(73(6,7)38-37-72(58,4)5)44-61(45)76-70-53(33-36-67-68(70)54-25-16-19-30-66(54)79-67)55-42-52(43-65-69(55)75-60-28-20-27-57-71(60)78(65)64-29-18-17-26-56(64)74(57,8)9)77(62-34-31-50(39-46(62)2)48-21-12-10-13-22-48)63-35-32-51(40-47(63)3)49-23-14-11-15-24-49/h10-36,39-44,76H,37-38H2,1-9H3. The average molecular weight is 1040 g/mol. The SMILES string of the molecule is Cc1cc2c(cc1Nc1c(-c3cc(N(c4ccc(-c5ccccc5)cc4C)c4ccc(-c5ccccc5)cc4C)cc4c3[B]c3cccc5c3N4c3ccccc3C5(C)C)ccc3sc4ccccc4c13)C(C)(C)CCC2(C)C. The first-order valence-corrected chi connectivity index (χ1v) is 29.0. The van der Waals surface area contributed by atoms with E-state index in [1.54, 1.807) is 0 Å². The summed E-state index contributed by atoms with van der Waals surface area (Å²) in [6.45, 7) is 21.4. The van der Waals surface area contributed by atoms with Crippen molar-refractivity contribution in [3.8, 4) is 33.4 Å². The van der Waals surface area contributed by atoms with Gasteiger partial charge in [-0.1, -0.05) is 187 Å². The number of fused-ring (bicyclic) bond motifs is 8. The van der Waals surface area contributed by atoms with Gasteiger partial charge in [-0.05, 0) is 177 Å². The monoisotopic (exact) mass is 1040 g/mol. The molecule has 0 spiro atoms. The molecule has 1 aliphatic carbocycles. The molecule has 0 fully saturated rings. The average Bonchev–Trinajstić information content (AvgIpc) is 3.68. The second-order valence-corrected chi connectivity index (χ2v) is 25.5. The van der Waals surface area contributed by atoms with Crippen molar-refractivity contribution in [1.82, 2.24) is 0 Å². The highest BCUT2D eigenvalue weighted by molar-refractivity contribution is 7.26. The first-order valence-electron chi connectivity index (χ1n) is 28.2. The normalized spacial score (nSPS) is 15.2. The lowest BCUT2D eigenvalue weighted by Crippen LogP contribution is -2.45. The Morgan fingerprint density at radius 3 is 1.76 bits per heavy atom. The Kier molecular flexibility index (Phi) is 11.4. The Bertz CT molecular complexity index is 4190. The molecule has 0 unspecified atom stereocenters. The van der Waals surface area contributed by atoms with Crippen LogP contribution in [0, 0.1) is 20.8 Å². The number of nitrogens with one attached hydrogen (secondary N) is 1. The van der Waals surface area contributed by atoms with Gasteiger partial charge in [0.05, 0.1) is 11.4 Å². The van der Waals surface area contributed by atoms with Gasteiger partial charge in [-0.25, -0.2) is 0 Å². The molecule has 3 aliphatic rings. The summed E-state index contributed by atoms with van der Waals surface area (Å²) in [4.78, 5) is 5.15. The fourth-order valence-corrected chi connectivity index (χ4v) is 14.7. The molecule has 1 aromatic heterocycles. The Morgan fingerprint density at radius 2 is 1.09 bits per heavy atom. The van der Waals surface area contributed by atoms with Crippen LogP contribution in [0.2, 0.25) is 0 Å². The number of hydrogen-bond donors (Lipinski definition) is 1. The van der Waals surface area contributed by atoms with Crippen LogP contribution < -0.4 is 26.0 Å². The fourth-order valence-electron chi connectivity index (χ4n) is 13.6. The van der Waals surface area contributed by atoms with Crippen LogP contribution in [0.5, 0.6) is 0 Å². The molecule has 1 radical (unpaired) electrons. The third-order valence-electron chi connectivity index (χ3n) is 18.1. The molecule has 0 bridgehead atoms. The maximum Gasteiger partial charge on any atom is 0.197 e. The lowest BCUT2D eigenvalue weighted by atomic mass is 9.56. The predicted molar refractivity (Wildman–Crippen MR) is 341 cm³/mol. The molecule has 11 aromatic rings. The number of thiophene rings is 1. The smallest absolute Gasteiger partial charge is 0.197 e. The summed E-state index contributed by atoms with van der Waals surface area (Å²) >= 11 is 1.88. The Labute approximate surface area is 471 Å². The molecule has 3 nitrogen and oxygen atoms in total. The van der Waals surface area contributed by atoms with E-state index in [1.165, 1.54) is 121 Å². The second kappa shape index (κ2) is 18.2. The van der Waals surface area contributed by atoms with E-state index in [2.05, 4.69) is 285 Å². The molecule has 0 saturated heterocycles. The molecule has 385 valence electrons. The number of aryl methyl sites for hydroxylation is 3. The summed E-state index contributed by atoms with van der Waals surface area (Å²) in [5.74, 6) is 0. The molecule has 1 N–H and O–H groups in total. The summed E-state index contributed by atoms with van der Waals surface area (Å²) in [6, 6.07) is 75.4. The number of anilines is 8. The van der Waals surface area contributed by atoms with Crippen molar-refractivity contribution in [2.24, 2.45) is 0 Å². The molecular weight excluding hydrogens is 974 g/mol. The van der Waals surface area contributed by atoms with Gasteiger partial charge in [-0.15, -0.1) is 11.3 Å². The van der Waals surface area contributed by atoms with Crippen molar-refractivity contribution in [3.63, 3.8) is 0 Å². The summed E-state index contributed by atoms with van der Waals surface area (Å²) in [5, 5.41) is 6.84. The van der Waals surface area contributed by atoms with Crippen molar-refractivity contribution in [2.75, 3.05) is 15.1 Å². The Hall–Kier alpha value is -8.12. The summed E-state index contributed by atoms with van der Waals surface area (Å²) in [5.41, 5.74) is 28.0. The van der Waals surface area contributed by atoms with Gasteiger partial charge in [0.15, 0.2) is 7.28 Å². The molecule has 3 heterocycles. The minimum absolute atomic E-state index is 0.0468. The van der Waals surface area contributed by atoms with Crippen molar-refractivity contribution >= 4 is 95.2 Å². The molecule has 0 atom stereocenters. The van der Waals surface area contributed by atoms with Crippen LogP contribution in [0.4, 0.5) is 45.5 Å². The van der Waals surface area contributed by atoms with E-state index in [9.17, 15) is 0 Å². The van der Waals surface area contributed by atoms with Crippen molar-refractivity contribution in [2.45, 2.75) is 91.4 Å². The maximum atomic E-state index is 4.31. The van der Waals surface area contributed by atoms with Crippen LogP contribution in [-0.4, -0.2) is 7.28 Å². The van der Waals surface area contributed by atoms with Crippen molar-refractivity contribution in [1.29, 1.82) is 0 Å². The van der Waals surface area contributed by atoms with Gasteiger partial charge in [0.25, 0.3) is 0 Å². The van der Waals surface area contributed by atoms with E-state index >= 15 is 0 Å². The van der Waals surface area contributed by atoms with E-state index in [0.717, 1.165) is 40.5 Å². The van der Waals surface area contributed by atoms with Crippen LogP contribution >= 0.6 is 11.3 Å². The van der Waals surface area contributed by atoms with Crippen LogP contribution in [0.15, 0.2) is 200 Å². The van der Waals surface area contributed by atoms with E-state index in [0.29, 0.717) is 0 Å². The number of rotatable bonds is 8. The zero-order valence-electron chi connectivity index (χ0n) is 46.8. The van der Waals surface area contributed by atoms with Crippen LogP contribution in [-0.2, 0) is 16.2 Å². The highest BCUT2D eigenvalue weighted by atomic mass is 32.1. The Morgan fingerprint density at radius 1 is 0.481 bits per heavy atom. The molecule has 0 amide bonds. The quantitative estimate of drug-likeness (QED) is 0.153. The van der Waals surface area contributed by atoms with E-state index in [-0.39, 0.29) is 16.2 Å². The summed E-state index contributed by atoms with van der Waals surface area (Å²) < 4.78 is 2.56. The summed E-state index contributed by atoms with van der Waals surface area (Å²) in [7, 11) is 2.49. The third-order valence-corrected chi connectivity index (χ3v) is 19.2. The van der Waals surface area contributed by atoms with E-state index in [1.807, 2.05) is 11.3 Å². The fraction of sp³-hybridized carbons (Fsp3) is 0.189. The van der Waals surface area contributed by atoms with E-state index < -0.39 is 0 Å². The van der Waals surface area contributed by atoms with E-state index in [4.69, 9.17) is 0 Å². The van der Waals surface area contributed by atoms with Crippen molar-refractivity contribution in [3.05, 3.63) is 239 Å².